The summed E-state index contributed by atoms with van der Waals surface area (Å²) in [6.45, 7) is 2.35. The van der Waals surface area contributed by atoms with E-state index in [4.69, 9.17) is 20.7 Å². The van der Waals surface area contributed by atoms with Crippen LogP contribution < -0.4 is 16.2 Å². The van der Waals surface area contributed by atoms with E-state index in [0.29, 0.717) is 6.42 Å². The quantitative estimate of drug-likeness (QED) is 0.275. The number of alkyl halides is 4. The monoisotopic (exact) mass is 473 g/mol. The minimum Gasteiger partial charge on any atom is -0.493 e. The van der Waals surface area contributed by atoms with E-state index < -0.39 is 30.2 Å². The molecule has 2 aromatic rings. The van der Waals surface area contributed by atoms with Gasteiger partial charge in [0.1, 0.15) is 18.2 Å². The Kier molecular flexibility index (Phi) is 8.66. The van der Waals surface area contributed by atoms with E-state index in [2.05, 4.69) is 17.1 Å². The van der Waals surface area contributed by atoms with Gasteiger partial charge in [0.25, 0.3) is 0 Å². The highest BCUT2D eigenvalue weighted by Crippen LogP contribution is 2.39. The second kappa shape index (κ2) is 11.3. The summed E-state index contributed by atoms with van der Waals surface area (Å²) in [5, 5.41) is 3.79. The molecule has 1 fully saturated rings. The number of nitrogens with zero attached hydrogens (tertiary/aromatic N) is 3. The van der Waals surface area contributed by atoms with Crippen LogP contribution in [-0.4, -0.2) is 40.7 Å². The first-order chi connectivity index (χ1) is 15.7. The lowest BCUT2D eigenvalue weighted by atomic mass is 10.1. The van der Waals surface area contributed by atoms with Gasteiger partial charge in [0.2, 0.25) is 11.7 Å². The molecule has 2 heterocycles. The Bertz CT molecular complexity index is 890. The lowest BCUT2D eigenvalue weighted by Gasteiger charge is -2.24. The molecule has 184 valence electrons. The van der Waals surface area contributed by atoms with Gasteiger partial charge in [-0.2, -0.15) is 18.2 Å². The molecule has 0 aliphatic carbocycles. The average Bonchev–Trinajstić information content (AvgIpc) is 3.39. The van der Waals surface area contributed by atoms with Crippen LogP contribution >= 0.6 is 0 Å². The zero-order chi connectivity index (χ0) is 24.0. The smallest absolute Gasteiger partial charge is 0.419 e. The van der Waals surface area contributed by atoms with Crippen LogP contribution in [0.5, 0.6) is 5.75 Å². The van der Waals surface area contributed by atoms with Crippen molar-refractivity contribution >= 4 is 0 Å². The predicted molar refractivity (Wildman–Crippen MR) is 115 cm³/mol. The van der Waals surface area contributed by atoms with Crippen molar-refractivity contribution in [2.75, 3.05) is 13.2 Å². The SMILES string of the molecule is CCCCCCCCOc1ccc(-c2noc([C@@H]3C[C@H](F)CN3C(N)N)n2)cc1C(F)(F)F. The summed E-state index contributed by atoms with van der Waals surface area (Å²) in [4.78, 5) is 5.66. The number of hydrogen-bond donors (Lipinski definition) is 2. The van der Waals surface area contributed by atoms with E-state index in [1.807, 2.05) is 0 Å². The molecule has 1 aliphatic rings. The Morgan fingerprint density at radius 3 is 2.61 bits per heavy atom. The maximum absolute atomic E-state index is 13.9. The van der Waals surface area contributed by atoms with E-state index >= 15 is 0 Å². The van der Waals surface area contributed by atoms with Crippen LogP contribution in [0.15, 0.2) is 22.7 Å². The van der Waals surface area contributed by atoms with Crippen molar-refractivity contribution in [3.05, 3.63) is 29.7 Å². The number of hydrogen-bond acceptors (Lipinski definition) is 7. The van der Waals surface area contributed by atoms with Gasteiger partial charge in [0.15, 0.2) is 0 Å². The van der Waals surface area contributed by atoms with Crippen molar-refractivity contribution in [3.8, 4) is 17.1 Å². The number of unbranched alkanes of at least 4 members (excludes halogenated alkanes) is 5. The molecule has 2 atom stereocenters. The fourth-order valence-corrected chi connectivity index (χ4v) is 3.95. The summed E-state index contributed by atoms with van der Waals surface area (Å²) in [5.41, 5.74) is 10.6. The first kappa shape index (κ1) is 25.4. The van der Waals surface area contributed by atoms with Gasteiger partial charge in [-0.05, 0) is 24.6 Å². The summed E-state index contributed by atoms with van der Waals surface area (Å²) in [5.74, 6) is -0.214. The Morgan fingerprint density at radius 2 is 1.91 bits per heavy atom. The molecular weight excluding hydrogens is 442 g/mol. The van der Waals surface area contributed by atoms with Gasteiger partial charge in [-0.1, -0.05) is 44.2 Å². The van der Waals surface area contributed by atoms with E-state index in [0.717, 1.165) is 38.2 Å². The Hall–Kier alpha value is -2.24. The molecule has 3 rings (SSSR count). The van der Waals surface area contributed by atoms with Crippen molar-refractivity contribution in [1.29, 1.82) is 0 Å². The number of halogens is 4. The molecule has 0 unspecified atom stereocenters. The molecule has 33 heavy (non-hydrogen) atoms. The molecule has 1 saturated heterocycles. The maximum Gasteiger partial charge on any atom is 0.419 e. The molecule has 0 spiro atoms. The van der Waals surface area contributed by atoms with Crippen LogP contribution in [0.4, 0.5) is 17.6 Å². The lowest BCUT2D eigenvalue weighted by molar-refractivity contribution is -0.138. The van der Waals surface area contributed by atoms with Crippen molar-refractivity contribution in [2.45, 2.75) is 76.5 Å². The van der Waals surface area contributed by atoms with E-state index in [1.54, 1.807) is 0 Å². The summed E-state index contributed by atoms with van der Waals surface area (Å²) >= 11 is 0. The zero-order valence-electron chi connectivity index (χ0n) is 18.7. The van der Waals surface area contributed by atoms with Crippen molar-refractivity contribution in [2.24, 2.45) is 11.5 Å². The highest BCUT2D eigenvalue weighted by molar-refractivity contribution is 5.59. The third-order valence-corrected chi connectivity index (χ3v) is 5.70. The van der Waals surface area contributed by atoms with Crippen molar-refractivity contribution in [3.63, 3.8) is 0 Å². The summed E-state index contributed by atoms with van der Waals surface area (Å²) in [6, 6.07) is 3.01. The van der Waals surface area contributed by atoms with Crippen LogP contribution in [0.1, 0.15) is 69.4 Å². The molecule has 4 N–H and O–H groups in total. The standard InChI is InChI=1S/C22H31F4N5O2/c1-2-3-4-5-6-7-10-32-18-9-8-14(11-16(18)22(24,25)26)19-29-20(33-30-19)17-12-15(23)13-31(17)21(27)28/h8-9,11,15,17,21H,2-7,10,12-13,27-28H2,1H3/t15-,17-/m0/s1. The molecular formula is C22H31F4N5O2. The van der Waals surface area contributed by atoms with Crippen LogP contribution in [0.3, 0.4) is 0 Å². The van der Waals surface area contributed by atoms with Crippen LogP contribution in [0.2, 0.25) is 0 Å². The summed E-state index contributed by atoms with van der Waals surface area (Å²) in [7, 11) is 0. The van der Waals surface area contributed by atoms with E-state index in [9.17, 15) is 17.6 Å². The van der Waals surface area contributed by atoms with Gasteiger partial charge in [0, 0.05) is 18.5 Å². The number of likely N-dealkylation sites (tertiary alicyclic amines) is 1. The molecule has 1 aliphatic heterocycles. The second-order valence-corrected chi connectivity index (χ2v) is 8.32. The number of aromatic nitrogens is 2. The number of benzene rings is 1. The molecule has 1 aromatic carbocycles. The van der Waals surface area contributed by atoms with Crippen LogP contribution in [0, 0.1) is 0 Å². The highest BCUT2D eigenvalue weighted by Gasteiger charge is 2.39. The maximum atomic E-state index is 13.9. The normalized spacial score (nSPS) is 19.5. The number of nitrogens with two attached hydrogens (primary N) is 2. The summed E-state index contributed by atoms with van der Waals surface area (Å²) in [6.07, 6.45) is -0.595. The molecule has 7 nitrogen and oxygen atoms in total. The molecule has 1 aromatic heterocycles. The fourth-order valence-electron chi connectivity index (χ4n) is 3.95. The van der Waals surface area contributed by atoms with Crippen molar-refractivity contribution in [1.82, 2.24) is 15.0 Å². The number of ether oxygens (including phenoxy) is 1. The first-order valence-corrected chi connectivity index (χ1v) is 11.3. The van der Waals surface area contributed by atoms with Gasteiger partial charge in [0.05, 0.1) is 18.2 Å². The Morgan fingerprint density at radius 1 is 1.18 bits per heavy atom. The van der Waals surface area contributed by atoms with Crippen LogP contribution in [0.25, 0.3) is 11.4 Å². The minimum absolute atomic E-state index is 0.0168. The average molecular weight is 474 g/mol. The predicted octanol–water partition coefficient (Wildman–Crippen LogP) is 4.78. The molecule has 0 saturated carbocycles. The van der Waals surface area contributed by atoms with Gasteiger partial charge in [-0.15, -0.1) is 0 Å². The van der Waals surface area contributed by atoms with Crippen molar-refractivity contribution < 1.29 is 26.8 Å². The Labute approximate surface area is 190 Å². The fraction of sp³-hybridized carbons (Fsp3) is 0.636. The Balaban J connectivity index is 1.72. The molecule has 0 radical (unpaired) electrons. The van der Waals surface area contributed by atoms with Gasteiger partial charge in [-0.25, -0.2) is 4.39 Å². The largest absolute Gasteiger partial charge is 0.493 e. The van der Waals surface area contributed by atoms with Crippen LogP contribution in [-0.2, 0) is 6.18 Å². The molecule has 0 bridgehead atoms. The van der Waals surface area contributed by atoms with Gasteiger partial charge in [-0.3, -0.25) is 4.90 Å². The van der Waals surface area contributed by atoms with E-state index in [-0.39, 0.29) is 42.6 Å². The third-order valence-electron chi connectivity index (χ3n) is 5.70. The first-order valence-electron chi connectivity index (χ1n) is 11.3. The number of rotatable bonds is 11. The van der Waals surface area contributed by atoms with Gasteiger partial charge < -0.3 is 20.7 Å². The highest BCUT2D eigenvalue weighted by atomic mass is 19.4. The summed E-state index contributed by atoms with van der Waals surface area (Å²) < 4.78 is 65.5. The minimum atomic E-state index is -4.62. The third kappa shape index (κ3) is 6.64. The molecule has 11 heteroatoms. The topological polar surface area (TPSA) is 103 Å². The molecule has 0 amide bonds. The lowest BCUT2D eigenvalue weighted by Crippen LogP contribution is -2.48. The second-order valence-electron chi connectivity index (χ2n) is 8.32. The van der Waals surface area contributed by atoms with Gasteiger partial charge >= 0.3 is 6.18 Å². The zero-order valence-corrected chi connectivity index (χ0v) is 18.7. The van der Waals surface area contributed by atoms with E-state index in [1.165, 1.54) is 17.0 Å².